The van der Waals surface area contributed by atoms with E-state index in [1.807, 2.05) is 11.0 Å². The van der Waals surface area contributed by atoms with E-state index in [-0.39, 0.29) is 5.91 Å². The third-order valence-electron chi connectivity index (χ3n) is 4.17. The lowest BCUT2D eigenvalue weighted by molar-refractivity contribution is 0.0746. The number of rotatable bonds is 1. The molecule has 0 bridgehead atoms. The van der Waals surface area contributed by atoms with E-state index < -0.39 is 0 Å². The summed E-state index contributed by atoms with van der Waals surface area (Å²) in [4.78, 5) is 18.9. The minimum Gasteiger partial charge on any atom is -0.334 e. The molecule has 0 fully saturated rings. The second-order valence-electron chi connectivity index (χ2n) is 5.58. The Kier molecular flexibility index (Phi) is 3.11. The topological polar surface area (TPSA) is 50.5 Å². The summed E-state index contributed by atoms with van der Waals surface area (Å²) < 4.78 is 1.66. The van der Waals surface area contributed by atoms with Crippen LogP contribution in [0.25, 0.3) is 5.65 Å². The SMILES string of the molecule is O=C(c1ccn2ncnc2c1)N1CCCc2ccccc2C1. The molecule has 0 aliphatic carbocycles. The van der Waals surface area contributed by atoms with Gasteiger partial charge in [-0.05, 0) is 36.1 Å². The molecule has 22 heavy (non-hydrogen) atoms. The maximum Gasteiger partial charge on any atom is 0.254 e. The van der Waals surface area contributed by atoms with Crippen molar-refractivity contribution in [2.75, 3.05) is 6.54 Å². The highest BCUT2D eigenvalue weighted by molar-refractivity contribution is 5.95. The zero-order chi connectivity index (χ0) is 14.9. The van der Waals surface area contributed by atoms with Gasteiger partial charge >= 0.3 is 0 Å². The molecule has 1 aromatic carbocycles. The van der Waals surface area contributed by atoms with Crippen molar-refractivity contribution in [3.8, 4) is 0 Å². The lowest BCUT2D eigenvalue weighted by atomic mass is 10.0. The third kappa shape index (κ3) is 2.24. The van der Waals surface area contributed by atoms with Crippen molar-refractivity contribution < 1.29 is 4.79 Å². The van der Waals surface area contributed by atoms with Gasteiger partial charge in [-0.1, -0.05) is 24.3 Å². The molecule has 5 nitrogen and oxygen atoms in total. The quantitative estimate of drug-likeness (QED) is 0.691. The predicted octanol–water partition coefficient (Wildman–Crippen LogP) is 2.32. The third-order valence-corrected chi connectivity index (χ3v) is 4.17. The number of hydrogen-bond acceptors (Lipinski definition) is 3. The summed E-state index contributed by atoms with van der Waals surface area (Å²) in [6.45, 7) is 1.46. The van der Waals surface area contributed by atoms with Crippen LogP contribution in [0.4, 0.5) is 0 Å². The Bertz CT molecular complexity index is 839. The molecular formula is C17H16N4O. The van der Waals surface area contributed by atoms with Gasteiger partial charge in [0.2, 0.25) is 0 Å². The summed E-state index contributed by atoms with van der Waals surface area (Å²) in [5, 5.41) is 4.06. The number of amides is 1. The maximum absolute atomic E-state index is 12.8. The van der Waals surface area contributed by atoms with Gasteiger partial charge < -0.3 is 4.90 Å². The van der Waals surface area contributed by atoms with E-state index >= 15 is 0 Å². The van der Waals surface area contributed by atoms with E-state index in [9.17, 15) is 4.79 Å². The summed E-state index contributed by atoms with van der Waals surface area (Å²) in [7, 11) is 0. The normalized spacial score (nSPS) is 14.6. The Morgan fingerprint density at radius 3 is 2.91 bits per heavy atom. The average molecular weight is 292 g/mol. The Hall–Kier alpha value is -2.69. The summed E-state index contributed by atoms with van der Waals surface area (Å²) in [5.41, 5.74) is 3.96. The molecule has 1 amide bonds. The maximum atomic E-state index is 12.8. The average Bonchev–Trinajstić information content (AvgIpc) is 2.91. The number of aryl methyl sites for hydroxylation is 1. The van der Waals surface area contributed by atoms with Gasteiger partial charge in [0.25, 0.3) is 5.91 Å². The van der Waals surface area contributed by atoms with Crippen LogP contribution in [0, 0.1) is 0 Å². The summed E-state index contributed by atoms with van der Waals surface area (Å²) in [5.74, 6) is 0.0576. The first-order valence-electron chi connectivity index (χ1n) is 7.47. The Morgan fingerprint density at radius 1 is 1.14 bits per heavy atom. The first-order chi connectivity index (χ1) is 10.8. The lowest BCUT2D eigenvalue weighted by Crippen LogP contribution is -2.30. The smallest absolute Gasteiger partial charge is 0.254 e. The van der Waals surface area contributed by atoms with E-state index in [2.05, 4.69) is 28.3 Å². The molecular weight excluding hydrogens is 276 g/mol. The van der Waals surface area contributed by atoms with Crippen LogP contribution in [-0.4, -0.2) is 31.9 Å². The highest BCUT2D eigenvalue weighted by Gasteiger charge is 2.20. The van der Waals surface area contributed by atoms with Crippen molar-refractivity contribution in [2.45, 2.75) is 19.4 Å². The molecule has 5 heteroatoms. The minimum absolute atomic E-state index is 0.0576. The van der Waals surface area contributed by atoms with Crippen LogP contribution in [0.1, 0.15) is 27.9 Å². The highest BCUT2D eigenvalue weighted by atomic mass is 16.2. The molecule has 1 aliphatic heterocycles. The number of carbonyl (C=O) groups is 1. The fourth-order valence-corrected chi connectivity index (χ4v) is 3.00. The predicted molar refractivity (Wildman–Crippen MR) is 82.5 cm³/mol. The molecule has 2 aromatic heterocycles. The van der Waals surface area contributed by atoms with Crippen molar-refractivity contribution in [1.29, 1.82) is 0 Å². The fourth-order valence-electron chi connectivity index (χ4n) is 3.00. The van der Waals surface area contributed by atoms with E-state index in [1.165, 1.54) is 17.5 Å². The number of aromatic nitrogens is 3. The van der Waals surface area contributed by atoms with Crippen LogP contribution in [-0.2, 0) is 13.0 Å². The van der Waals surface area contributed by atoms with E-state index in [0.717, 1.165) is 19.4 Å². The lowest BCUT2D eigenvalue weighted by Gasteiger charge is -2.21. The molecule has 0 radical (unpaired) electrons. The van der Waals surface area contributed by atoms with Crippen LogP contribution in [0.3, 0.4) is 0 Å². The van der Waals surface area contributed by atoms with E-state index in [1.54, 1.807) is 22.8 Å². The van der Waals surface area contributed by atoms with Gasteiger partial charge in [0.05, 0.1) is 0 Å². The highest BCUT2D eigenvalue weighted by Crippen LogP contribution is 2.20. The van der Waals surface area contributed by atoms with Crippen LogP contribution in [0.2, 0.25) is 0 Å². The molecule has 0 atom stereocenters. The van der Waals surface area contributed by atoms with Crippen LogP contribution < -0.4 is 0 Å². The van der Waals surface area contributed by atoms with Gasteiger partial charge in [0.15, 0.2) is 5.65 Å². The summed E-state index contributed by atoms with van der Waals surface area (Å²) in [6, 6.07) is 12.0. The van der Waals surface area contributed by atoms with Gasteiger partial charge in [0.1, 0.15) is 6.33 Å². The number of nitrogens with zero attached hydrogens (tertiary/aromatic N) is 4. The summed E-state index contributed by atoms with van der Waals surface area (Å²) >= 11 is 0. The van der Waals surface area contributed by atoms with Crippen LogP contribution >= 0.6 is 0 Å². The molecule has 0 spiro atoms. The van der Waals surface area contributed by atoms with Crippen molar-refractivity contribution in [1.82, 2.24) is 19.5 Å². The number of carbonyl (C=O) groups excluding carboxylic acids is 1. The number of hydrogen-bond donors (Lipinski definition) is 0. The van der Waals surface area contributed by atoms with Gasteiger partial charge in [-0.15, -0.1) is 0 Å². The number of pyridine rings is 1. The Balaban J connectivity index is 1.64. The number of fused-ring (bicyclic) bond motifs is 2. The van der Waals surface area contributed by atoms with Crippen molar-refractivity contribution in [3.63, 3.8) is 0 Å². The van der Waals surface area contributed by atoms with Crippen LogP contribution in [0.15, 0.2) is 48.9 Å². The molecule has 110 valence electrons. The van der Waals surface area contributed by atoms with Crippen molar-refractivity contribution in [2.24, 2.45) is 0 Å². The van der Waals surface area contributed by atoms with Gasteiger partial charge in [0, 0.05) is 24.8 Å². The van der Waals surface area contributed by atoms with Crippen molar-refractivity contribution >= 4 is 11.6 Å². The largest absolute Gasteiger partial charge is 0.334 e. The summed E-state index contributed by atoms with van der Waals surface area (Å²) in [6.07, 6.45) is 5.30. The zero-order valence-corrected chi connectivity index (χ0v) is 12.1. The van der Waals surface area contributed by atoms with Gasteiger partial charge in [-0.2, -0.15) is 5.10 Å². The molecule has 1 aliphatic rings. The van der Waals surface area contributed by atoms with Crippen molar-refractivity contribution in [3.05, 3.63) is 65.6 Å². The molecule has 0 unspecified atom stereocenters. The first kappa shape index (κ1) is 13.0. The van der Waals surface area contributed by atoms with Gasteiger partial charge in [-0.3, -0.25) is 4.79 Å². The molecule has 0 saturated carbocycles. The molecule has 0 saturated heterocycles. The second-order valence-corrected chi connectivity index (χ2v) is 5.58. The molecule has 0 N–H and O–H groups in total. The monoisotopic (exact) mass is 292 g/mol. The van der Waals surface area contributed by atoms with Gasteiger partial charge in [-0.25, -0.2) is 9.50 Å². The first-order valence-corrected chi connectivity index (χ1v) is 7.47. The van der Waals surface area contributed by atoms with E-state index in [0.29, 0.717) is 17.8 Å². The standard InChI is InChI=1S/C17H16N4O/c22-17(14-7-9-21-16(10-14)18-12-19-21)20-8-3-6-13-4-1-2-5-15(13)11-20/h1-2,4-5,7,9-10,12H,3,6,8,11H2. The van der Waals surface area contributed by atoms with E-state index in [4.69, 9.17) is 0 Å². The second kappa shape index (κ2) is 5.26. The molecule has 3 aromatic rings. The molecule has 3 heterocycles. The Labute approximate surface area is 128 Å². The van der Waals surface area contributed by atoms with Crippen LogP contribution in [0.5, 0.6) is 0 Å². The number of benzene rings is 1. The zero-order valence-electron chi connectivity index (χ0n) is 12.1. The molecule has 4 rings (SSSR count). The Morgan fingerprint density at radius 2 is 2.00 bits per heavy atom. The minimum atomic E-state index is 0.0576. The fraction of sp³-hybridized carbons (Fsp3) is 0.235.